The Bertz CT molecular complexity index is 416. The van der Waals surface area contributed by atoms with Gasteiger partial charge in [-0.25, -0.2) is 0 Å². The van der Waals surface area contributed by atoms with Crippen LogP contribution < -0.4 is 0 Å². The Hall–Kier alpha value is -1.56. The molecular weight excluding hydrogens is 223 g/mol. The van der Waals surface area contributed by atoms with Crippen molar-refractivity contribution in [3.63, 3.8) is 0 Å². The molecule has 16 heavy (non-hydrogen) atoms. The van der Waals surface area contributed by atoms with Gasteiger partial charge in [0.2, 0.25) is 0 Å². The van der Waals surface area contributed by atoms with Crippen LogP contribution in [0.15, 0.2) is 35.5 Å². The number of halogens is 3. The Morgan fingerprint density at radius 1 is 1.25 bits per heavy atom. The van der Waals surface area contributed by atoms with Crippen molar-refractivity contribution in [3.8, 4) is 0 Å². The van der Waals surface area contributed by atoms with Gasteiger partial charge in [-0.05, 0) is 0 Å². The zero-order valence-corrected chi connectivity index (χ0v) is 8.03. The number of benzene rings is 1. The largest absolute Gasteiger partial charge is 0.432 e. The van der Waals surface area contributed by atoms with Crippen LogP contribution in [0.3, 0.4) is 0 Å². The van der Waals surface area contributed by atoms with Crippen LogP contribution in [-0.2, 0) is 10.6 Å². The lowest BCUT2D eigenvalue weighted by Gasteiger charge is -2.19. The molecule has 0 radical (unpaired) electrons. The average Bonchev–Trinajstić information content (AvgIpc) is 2.63. The first kappa shape index (κ1) is 10.9. The Morgan fingerprint density at radius 3 is 2.38 bits per heavy atom. The predicted molar refractivity (Wildman–Crippen MR) is 49.5 cm³/mol. The van der Waals surface area contributed by atoms with Gasteiger partial charge in [0.1, 0.15) is 0 Å². The first-order chi connectivity index (χ1) is 7.42. The number of hydrogen-bond donors (Lipinski definition) is 1. The van der Waals surface area contributed by atoms with Crippen LogP contribution in [-0.4, -0.2) is 17.0 Å². The SMILES string of the molecule is OC1(c2ccccc2)CC(C(F)(F)F)=NO1. The smallest absolute Gasteiger partial charge is 0.355 e. The fraction of sp³-hybridized carbons (Fsp3) is 0.300. The molecule has 1 aromatic carbocycles. The van der Waals surface area contributed by atoms with E-state index in [-0.39, 0.29) is 5.56 Å². The quantitative estimate of drug-likeness (QED) is 0.804. The molecule has 0 spiro atoms. The second-order valence-corrected chi connectivity index (χ2v) is 3.45. The van der Waals surface area contributed by atoms with Crippen LogP contribution in [0.25, 0.3) is 0 Å². The normalized spacial score (nSPS) is 25.1. The van der Waals surface area contributed by atoms with Gasteiger partial charge in [-0.1, -0.05) is 35.5 Å². The van der Waals surface area contributed by atoms with Crippen molar-refractivity contribution in [2.75, 3.05) is 0 Å². The van der Waals surface area contributed by atoms with E-state index in [0.717, 1.165) is 0 Å². The van der Waals surface area contributed by atoms with Crippen LogP contribution >= 0.6 is 0 Å². The molecule has 0 saturated carbocycles. The molecule has 1 unspecified atom stereocenters. The summed E-state index contributed by atoms with van der Waals surface area (Å²) < 4.78 is 36.9. The summed E-state index contributed by atoms with van der Waals surface area (Å²) in [5.41, 5.74) is -0.864. The van der Waals surface area contributed by atoms with Gasteiger partial charge >= 0.3 is 6.18 Å². The van der Waals surface area contributed by atoms with E-state index in [1.54, 1.807) is 18.2 Å². The van der Waals surface area contributed by atoms with Crippen molar-refractivity contribution in [1.82, 2.24) is 0 Å². The number of oxime groups is 1. The summed E-state index contributed by atoms with van der Waals surface area (Å²) in [6, 6.07) is 7.85. The van der Waals surface area contributed by atoms with E-state index in [2.05, 4.69) is 9.99 Å². The van der Waals surface area contributed by atoms with E-state index in [1.165, 1.54) is 12.1 Å². The van der Waals surface area contributed by atoms with E-state index < -0.39 is 24.1 Å². The van der Waals surface area contributed by atoms with Gasteiger partial charge in [-0.3, -0.25) is 0 Å². The number of nitrogens with zero attached hydrogens (tertiary/aromatic N) is 1. The highest BCUT2D eigenvalue weighted by atomic mass is 19.4. The molecule has 1 aliphatic heterocycles. The average molecular weight is 231 g/mol. The highest BCUT2D eigenvalue weighted by molar-refractivity contribution is 5.91. The second kappa shape index (κ2) is 3.48. The van der Waals surface area contributed by atoms with Crippen LogP contribution in [0.2, 0.25) is 0 Å². The molecule has 3 nitrogen and oxygen atoms in total. The molecule has 0 aromatic heterocycles. The van der Waals surface area contributed by atoms with E-state index >= 15 is 0 Å². The Labute approximate surface area is 89.1 Å². The zero-order valence-electron chi connectivity index (χ0n) is 8.03. The third-order valence-electron chi connectivity index (χ3n) is 2.27. The van der Waals surface area contributed by atoms with Gasteiger partial charge in [-0.2, -0.15) is 13.2 Å². The lowest BCUT2D eigenvalue weighted by Crippen LogP contribution is -2.29. The van der Waals surface area contributed by atoms with Gasteiger partial charge in [0.15, 0.2) is 5.71 Å². The fourth-order valence-corrected chi connectivity index (χ4v) is 1.43. The minimum atomic E-state index is -4.57. The first-order valence-corrected chi connectivity index (χ1v) is 4.52. The molecule has 0 amide bonds. The van der Waals surface area contributed by atoms with Crippen molar-refractivity contribution < 1.29 is 23.1 Å². The molecule has 1 heterocycles. The Morgan fingerprint density at radius 2 is 1.88 bits per heavy atom. The molecule has 2 rings (SSSR count). The topological polar surface area (TPSA) is 41.8 Å². The molecule has 0 fully saturated rings. The summed E-state index contributed by atoms with van der Waals surface area (Å²) in [4.78, 5) is 4.49. The molecule has 0 bridgehead atoms. The lowest BCUT2D eigenvalue weighted by molar-refractivity contribution is -0.193. The van der Waals surface area contributed by atoms with E-state index in [4.69, 9.17) is 0 Å². The Balaban J connectivity index is 2.22. The lowest BCUT2D eigenvalue weighted by atomic mass is 10.0. The summed E-state index contributed by atoms with van der Waals surface area (Å²) in [6.07, 6.45) is -5.26. The number of aliphatic hydroxyl groups is 1. The summed E-state index contributed by atoms with van der Waals surface area (Å²) in [7, 11) is 0. The molecule has 1 aliphatic rings. The van der Waals surface area contributed by atoms with Gasteiger partial charge < -0.3 is 9.94 Å². The summed E-state index contributed by atoms with van der Waals surface area (Å²) in [5, 5.41) is 12.7. The summed E-state index contributed by atoms with van der Waals surface area (Å²) in [6.45, 7) is 0. The highest BCUT2D eigenvalue weighted by Gasteiger charge is 2.49. The third kappa shape index (κ3) is 1.88. The summed E-state index contributed by atoms with van der Waals surface area (Å²) in [5.74, 6) is -2.01. The second-order valence-electron chi connectivity index (χ2n) is 3.45. The fourth-order valence-electron chi connectivity index (χ4n) is 1.43. The maximum absolute atomic E-state index is 12.3. The molecule has 0 aliphatic carbocycles. The molecule has 86 valence electrons. The van der Waals surface area contributed by atoms with E-state index in [0.29, 0.717) is 0 Å². The van der Waals surface area contributed by atoms with Crippen molar-refractivity contribution in [2.24, 2.45) is 5.16 Å². The van der Waals surface area contributed by atoms with Crippen LogP contribution in [0, 0.1) is 0 Å². The Kier molecular flexibility index (Phi) is 2.38. The van der Waals surface area contributed by atoms with Gasteiger partial charge in [0.05, 0.1) is 6.42 Å². The van der Waals surface area contributed by atoms with Gasteiger partial charge in [0.25, 0.3) is 5.79 Å². The molecule has 1 N–H and O–H groups in total. The van der Waals surface area contributed by atoms with Crippen molar-refractivity contribution in [2.45, 2.75) is 18.4 Å². The molecule has 1 aromatic rings. The zero-order chi connectivity index (χ0) is 11.8. The third-order valence-corrected chi connectivity index (χ3v) is 2.27. The monoisotopic (exact) mass is 231 g/mol. The molecular formula is C10H8F3NO2. The molecule has 6 heteroatoms. The minimum Gasteiger partial charge on any atom is -0.355 e. The van der Waals surface area contributed by atoms with Gasteiger partial charge in [-0.15, -0.1) is 0 Å². The van der Waals surface area contributed by atoms with Gasteiger partial charge in [0, 0.05) is 5.56 Å². The van der Waals surface area contributed by atoms with E-state index in [9.17, 15) is 18.3 Å². The summed E-state index contributed by atoms with van der Waals surface area (Å²) >= 11 is 0. The van der Waals surface area contributed by atoms with Crippen LogP contribution in [0.5, 0.6) is 0 Å². The number of alkyl halides is 3. The standard InChI is InChI=1S/C10H8F3NO2/c11-10(12,13)8-6-9(15,16-14-8)7-4-2-1-3-5-7/h1-5,15H,6H2. The molecule has 1 atom stereocenters. The first-order valence-electron chi connectivity index (χ1n) is 4.52. The maximum atomic E-state index is 12.3. The molecule has 0 saturated heterocycles. The predicted octanol–water partition coefficient (Wildman–Crippen LogP) is 2.17. The van der Waals surface area contributed by atoms with Crippen molar-refractivity contribution >= 4 is 5.71 Å². The minimum absolute atomic E-state index is 0.248. The number of rotatable bonds is 1. The highest BCUT2D eigenvalue weighted by Crippen LogP contribution is 2.36. The number of hydrogen-bond acceptors (Lipinski definition) is 3. The van der Waals surface area contributed by atoms with E-state index in [1.807, 2.05) is 0 Å². The maximum Gasteiger partial charge on any atom is 0.432 e. The van der Waals surface area contributed by atoms with Crippen LogP contribution in [0.4, 0.5) is 13.2 Å². The van der Waals surface area contributed by atoms with Crippen LogP contribution in [0.1, 0.15) is 12.0 Å². The van der Waals surface area contributed by atoms with Crippen molar-refractivity contribution in [1.29, 1.82) is 0 Å². The van der Waals surface area contributed by atoms with Crippen molar-refractivity contribution in [3.05, 3.63) is 35.9 Å².